The molecule has 1 saturated heterocycles. The summed E-state index contributed by atoms with van der Waals surface area (Å²) in [4.78, 5) is 16.1. The Labute approximate surface area is 195 Å². The van der Waals surface area contributed by atoms with Crippen LogP contribution in [0.4, 0.5) is 18.9 Å². The zero-order valence-electron chi connectivity index (χ0n) is 18.5. The van der Waals surface area contributed by atoms with E-state index in [2.05, 4.69) is 15.4 Å². The maximum Gasteiger partial charge on any atom is 0.433 e. The van der Waals surface area contributed by atoms with Crippen molar-refractivity contribution in [1.82, 2.24) is 14.8 Å². The summed E-state index contributed by atoms with van der Waals surface area (Å²) >= 11 is 0. The van der Waals surface area contributed by atoms with Gasteiger partial charge < -0.3 is 10.4 Å². The highest BCUT2D eigenvalue weighted by atomic mass is 32.3. The second-order valence-corrected chi connectivity index (χ2v) is 11.3. The fraction of sp³-hybridized carbons (Fsp3) is 0.409. The number of anilines is 1. The molecule has 1 fully saturated rings. The van der Waals surface area contributed by atoms with E-state index >= 15 is 0 Å². The van der Waals surface area contributed by atoms with Crippen LogP contribution in [0.1, 0.15) is 54.5 Å². The Morgan fingerprint density at radius 1 is 1.18 bits per heavy atom. The molecule has 4 rings (SSSR count). The third-order valence-corrected chi connectivity index (χ3v) is 7.55. The molecule has 3 heterocycles. The van der Waals surface area contributed by atoms with E-state index in [1.54, 1.807) is 23.0 Å². The van der Waals surface area contributed by atoms with E-state index in [9.17, 15) is 32.2 Å². The number of hydrogen-bond acceptors (Lipinski definition) is 6. The first-order valence-electron chi connectivity index (χ1n) is 10.6. The number of amides is 1. The van der Waals surface area contributed by atoms with Crippen molar-refractivity contribution in [3.8, 4) is 0 Å². The van der Waals surface area contributed by atoms with Gasteiger partial charge in [0.2, 0.25) is 0 Å². The molecule has 34 heavy (non-hydrogen) atoms. The monoisotopic (exact) mass is 498 g/mol. The molecular formula is C22H25F3N4O4S. The molecular weight excluding hydrogens is 473 g/mol. The van der Waals surface area contributed by atoms with Crippen LogP contribution in [0.5, 0.6) is 0 Å². The molecule has 12 heteroatoms. The van der Waals surface area contributed by atoms with E-state index in [0.29, 0.717) is 40.8 Å². The molecule has 0 aliphatic carbocycles. The first kappa shape index (κ1) is 24.5. The van der Waals surface area contributed by atoms with Crippen molar-refractivity contribution in [2.75, 3.05) is 16.8 Å². The normalized spacial score (nSPS) is 18.1. The zero-order valence-corrected chi connectivity index (χ0v) is 19.3. The average Bonchev–Trinajstić information content (AvgIpc) is 3.15. The lowest BCUT2D eigenvalue weighted by molar-refractivity contribution is -0.141. The minimum Gasteiger partial charge on any atom is -0.386 e. The van der Waals surface area contributed by atoms with Gasteiger partial charge in [-0.1, -0.05) is 6.07 Å². The highest BCUT2D eigenvalue weighted by Crippen LogP contribution is 2.47. The number of carbonyl (C=O) groups excluding carboxylic acids is 1. The van der Waals surface area contributed by atoms with Crippen LogP contribution >= 0.6 is 10.6 Å². The van der Waals surface area contributed by atoms with Crippen LogP contribution in [-0.4, -0.2) is 46.4 Å². The molecule has 0 bridgehead atoms. The maximum absolute atomic E-state index is 13.0. The number of aliphatic hydroxyl groups is 1. The summed E-state index contributed by atoms with van der Waals surface area (Å²) in [6.07, 6.45) is -1.81. The van der Waals surface area contributed by atoms with Gasteiger partial charge in [-0.2, -0.15) is 28.9 Å². The summed E-state index contributed by atoms with van der Waals surface area (Å²) in [5, 5.41) is 18.5. The van der Waals surface area contributed by atoms with E-state index in [0.717, 1.165) is 12.1 Å². The van der Waals surface area contributed by atoms with Crippen molar-refractivity contribution >= 4 is 33.1 Å². The minimum atomic E-state index is -4.69. The van der Waals surface area contributed by atoms with Crippen LogP contribution in [0.25, 0.3) is 10.9 Å². The van der Waals surface area contributed by atoms with E-state index in [4.69, 9.17) is 0 Å². The molecule has 184 valence electrons. The summed E-state index contributed by atoms with van der Waals surface area (Å²) in [5.74, 6) is -0.247. The van der Waals surface area contributed by atoms with E-state index in [1.807, 2.05) is 0 Å². The molecule has 1 aliphatic heterocycles. The molecule has 0 atom stereocenters. The van der Waals surface area contributed by atoms with Gasteiger partial charge in [0.1, 0.15) is 11.4 Å². The molecule has 1 aliphatic rings. The number of halogens is 3. The Bertz CT molecular complexity index is 1230. The molecule has 0 radical (unpaired) electrons. The number of carbonyl (C=O) groups is 1. The molecule has 4 N–H and O–H groups in total. The van der Waals surface area contributed by atoms with Gasteiger partial charge >= 0.3 is 6.18 Å². The Kier molecular flexibility index (Phi) is 6.13. The summed E-state index contributed by atoms with van der Waals surface area (Å²) < 4.78 is 60.4. The fourth-order valence-electron chi connectivity index (χ4n) is 3.95. The maximum atomic E-state index is 13.0. The zero-order chi connectivity index (χ0) is 24.9. The van der Waals surface area contributed by atoms with Gasteiger partial charge in [0.15, 0.2) is 0 Å². The number of rotatable bonds is 4. The molecule has 1 amide bonds. The van der Waals surface area contributed by atoms with Gasteiger partial charge in [-0.05, 0) is 51.0 Å². The molecule has 2 aromatic heterocycles. The van der Waals surface area contributed by atoms with Crippen LogP contribution in [0, 0.1) is 0 Å². The number of nitrogens with zero attached hydrogens (tertiary/aromatic N) is 3. The lowest BCUT2D eigenvalue weighted by Gasteiger charge is -2.39. The minimum absolute atomic E-state index is 0.0229. The molecule has 0 spiro atoms. The number of fused-ring (bicyclic) bond motifs is 1. The third kappa shape index (κ3) is 5.19. The lowest BCUT2D eigenvalue weighted by Crippen LogP contribution is -2.23. The number of alkyl halides is 3. The van der Waals surface area contributed by atoms with Gasteiger partial charge in [0, 0.05) is 34.3 Å². The number of pyridine rings is 1. The largest absolute Gasteiger partial charge is 0.433 e. The van der Waals surface area contributed by atoms with E-state index < -0.39 is 39.7 Å². The fourth-order valence-corrected chi connectivity index (χ4v) is 5.46. The second-order valence-electron chi connectivity index (χ2n) is 8.93. The Hall–Kier alpha value is -2.67. The van der Waals surface area contributed by atoms with Crippen LogP contribution in [-0.2, 0) is 11.8 Å². The van der Waals surface area contributed by atoms with Crippen molar-refractivity contribution in [2.24, 2.45) is 0 Å². The third-order valence-electron chi connectivity index (χ3n) is 5.77. The van der Waals surface area contributed by atoms with Crippen molar-refractivity contribution in [1.29, 1.82) is 0 Å². The SMILES string of the molecule is CC(C)(O)c1cc2nn(C3CCS(O)(O)CC3)cc2cc1NC(=O)c1cccc(C(F)(F)F)n1. The number of hydrogen-bond donors (Lipinski definition) is 4. The Morgan fingerprint density at radius 3 is 2.47 bits per heavy atom. The molecule has 0 unspecified atom stereocenters. The standard InChI is InChI=1S/C22H25F3N4O4S/c1-21(2,31)15-11-17-13(12-29(28-17)14-6-8-34(32,33)9-7-14)10-18(15)27-20(30)16-4-3-5-19(26-16)22(23,24)25/h3-5,10-12,14,31-33H,6-9H2,1-2H3,(H,27,30). The quantitative estimate of drug-likeness (QED) is 0.401. The lowest BCUT2D eigenvalue weighted by atomic mass is 9.95. The van der Waals surface area contributed by atoms with Crippen molar-refractivity contribution in [3.63, 3.8) is 0 Å². The van der Waals surface area contributed by atoms with Crippen molar-refractivity contribution in [2.45, 2.75) is 44.5 Å². The second kappa shape index (κ2) is 8.52. The first-order valence-corrected chi connectivity index (χ1v) is 12.5. The first-order chi connectivity index (χ1) is 15.7. The molecule has 1 aromatic carbocycles. The number of nitrogens with one attached hydrogen (secondary N) is 1. The number of aromatic nitrogens is 3. The highest BCUT2D eigenvalue weighted by Gasteiger charge is 2.33. The Balaban J connectivity index is 1.67. The van der Waals surface area contributed by atoms with Crippen LogP contribution < -0.4 is 5.32 Å². The van der Waals surface area contributed by atoms with Crippen LogP contribution in [0.3, 0.4) is 0 Å². The number of benzene rings is 1. The predicted octanol–water partition coefficient (Wildman–Crippen LogP) is 5.02. The molecule has 8 nitrogen and oxygen atoms in total. The van der Waals surface area contributed by atoms with E-state index in [-0.39, 0.29) is 11.7 Å². The highest BCUT2D eigenvalue weighted by molar-refractivity contribution is 8.24. The van der Waals surface area contributed by atoms with Gasteiger partial charge in [0.05, 0.1) is 17.2 Å². The van der Waals surface area contributed by atoms with Gasteiger partial charge in [-0.15, -0.1) is 0 Å². The average molecular weight is 499 g/mol. The van der Waals surface area contributed by atoms with Gasteiger partial charge in [-0.25, -0.2) is 4.98 Å². The smallest absolute Gasteiger partial charge is 0.386 e. The van der Waals surface area contributed by atoms with E-state index in [1.165, 1.54) is 19.9 Å². The Morgan fingerprint density at radius 2 is 1.85 bits per heavy atom. The summed E-state index contributed by atoms with van der Waals surface area (Å²) in [7, 11) is -2.54. The van der Waals surface area contributed by atoms with Crippen LogP contribution in [0.2, 0.25) is 0 Å². The van der Waals surface area contributed by atoms with Crippen LogP contribution in [0.15, 0.2) is 36.5 Å². The topological polar surface area (TPSA) is 121 Å². The van der Waals surface area contributed by atoms with Gasteiger partial charge in [0.25, 0.3) is 5.91 Å². The summed E-state index contributed by atoms with van der Waals surface area (Å²) in [6, 6.07) is 6.27. The molecule has 0 saturated carbocycles. The van der Waals surface area contributed by atoms with Crippen molar-refractivity contribution in [3.05, 3.63) is 53.5 Å². The van der Waals surface area contributed by atoms with Crippen molar-refractivity contribution < 1.29 is 32.2 Å². The summed E-state index contributed by atoms with van der Waals surface area (Å²) in [5.41, 5.74) is -1.85. The predicted molar refractivity (Wildman–Crippen MR) is 123 cm³/mol. The molecule has 3 aromatic rings. The van der Waals surface area contributed by atoms with Gasteiger partial charge in [-0.3, -0.25) is 18.6 Å². The summed E-state index contributed by atoms with van der Waals surface area (Å²) in [6.45, 7) is 3.05.